The van der Waals surface area contributed by atoms with E-state index >= 15 is 0 Å². The highest BCUT2D eigenvalue weighted by molar-refractivity contribution is 5.92. The third-order valence-corrected chi connectivity index (χ3v) is 2.95. The standard InChI is InChI=1S/C13H15N3O2/c1-9-10(7-14)4-5-12(16-9)13(17)15-8-11-3-2-6-18-11/h4-5,11H,2-3,6,8H2,1H3,(H,15,17). The number of hydrogen-bond donors (Lipinski definition) is 1. The van der Waals surface area contributed by atoms with E-state index < -0.39 is 0 Å². The molecule has 1 unspecified atom stereocenters. The molecule has 1 amide bonds. The smallest absolute Gasteiger partial charge is 0.269 e. The number of hydrogen-bond acceptors (Lipinski definition) is 4. The highest BCUT2D eigenvalue weighted by atomic mass is 16.5. The molecule has 1 atom stereocenters. The average Bonchev–Trinajstić information content (AvgIpc) is 2.89. The molecule has 0 aromatic carbocycles. The predicted octanol–water partition coefficient (Wildman–Crippen LogP) is 1.17. The molecule has 0 aliphatic carbocycles. The minimum atomic E-state index is -0.224. The maximum absolute atomic E-state index is 11.8. The van der Waals surface area contributed by atoms with Crippen LogP contribution in [0.2, 0.25) is 0 Å². The summed E-state index contributed by atoms with van der Waals surface area (Å²) < 4.78 is 5.42. The lowest BCUT2D eigenvalue weighted by Crippen LogP contribution is -2.32. The summed E-state index contributed by atoms with van der Waals surface area (Å²) in [6.45, 7) is 3.00. The lowest BCUT2D eigenvalue weighted by atomic mass is 10.2. The van der Waals surface area contributed by atoms with Gasteiger partial charge in [0.2, 0.25) is 0 Å². The van der Waals surface area contributed by atoms with Crippen LogP contribution >= 0.6 is 0 Å². The number of nitrogens with one attached hydrogen (secondary N) is 1. The lowest BCUT2D eigenvalue weighted by Gasteiger charge is -2.10. The molecule has 1 aromatic heterocycles. The van der Waals surface area contributed by atoms with E-state index in [1.165, 1.54) is 0 Å². The van der Waals surface area contributed by atoms with Crippen LogP contribution in [0.4, 0.5) is 0 Å². The van der Waals surface area contributed by atoms with Crippen molar-refractivity contribution in [2.24, 2.45) is 0 Å². The largest absolute Gasteiger partial charge is 0.376 e. The van der Waals surface area contributed by atoms with Crippen LogP contribution in [0.1, 0.15) is 34.6 Å². The van der Waals surface area contributed by atoms with E-state index in [4.69, 9.17) is 10.00 Å². The van der Waals surface area contributed by atoms with Gasteiger partial charge in [-0.15, -0.1) is 0 Å². The summed E-state index contributed by atoms with van der Waals surface area (Å²) in [4.78, 5) is 16.0. The highest BCUT2D eigenvalue weighted by Gasteiger charge is 2.17. The van der Waals surface area contributed by atoms with Crippen molar-refractivity contribution >= 4 is 5.91 Å². The summed E-state index contributed by atoms with van der Waals surface area (Å²) in [5.74, 6) is -0.224. The van der Waals surface area contributed by atoms with E-state index in [0.717, 1.165) is 19.4 Å². The molecule has 94 valence electrons. The third-order valence-electron chi connectivity index (χ3n) is 2.95. The summed E-state index contributed by atoms with van der Waals surface area (Å²) in [5.41, 5.74) is 1.40. The van der Waals surface area contributed by atoms with Gasteiger partial charge in [-0.3, -0.25) is 4.79 Å². The monoisotopic (exact) mass is 245 g/mol. The zero-order valence-corrected chi connectivity index (χ0v) is 10.3. The van der Waals surface area contributed by atoms with Gasteiger partial charge >= 0.3 is 0 Å². The normalized spacial score (nSPS) is 18.3. The van der Waals surface area contributed by atoms with E-state index in [1.807, 2.05) is 6.07 Å². The molecular formula is C13H15N3O2. The van der Waals surface area contributed by atoms with Crippen molar-refractivity contribution in [1.29, 1.82) is 5.26 Å². The molecule has 1 aliphatic rings. The number of pyridine rings is 1. The molecule has 0 saturated carbocycles. The first-order valence-electron chi connectivity index (χ1n) is 5.98. The molecule has 0 radical (unpaired) electrons. The van der Waals surface area contributed by atoms with Gasteiger partial charge in [0.05, 0.1) is 17.4 Å². The van der Waals surface area contributed by atoms with E-state index in [2.05, 4.69) is 10.3 Å². The molecule has 1 aromatic rings. The Kier molecular flexibility index (Phi) is 3.90. The molecule has 18 heavy (non-hydrogen) atoms. The number of ether oxygens (including phenoxy) is 1. The van der Waals surface area contributed by atoms with Gasteiger partial charge in [-0.1, -0.05) is 0 Å². The number of carbonyl (C=O) groups excluding carboxylic acids is 1. The molecule has 1 aliphatic heterocycles. The first-order chi connectivity index (χ1) is 8.70. The Labute approximate surface area is 106 Å². The van der Waals surface area contributed by atoms with Crippen molar-refractivity contribution in [2.45, 2.75) is 25.9 Å². The van der Waals surface area contributed by atoms with Crippen molar-refractivity contribution in [1.82, 2.24) is 10.3 Å². The number of aromatic nitrogens is 1. The predicted molar refractivity (Wildman–Crippen MR) is 65.0 cm³/mol. The highest BCUT2D eigenvalue weighted by Crippen LogP contribution is 2.11. The molecule has 0 bridgehead atoms. The van der Waals surface area contributed by atoms with Crippen LogP contribution in [0.25, 0.3) is 0 Å². The number of carbonyl (C=O) groups is 1. The zero-order valence-electron chi connectivity index (χ0n) is 10.3. The van der Waals surface area contributed by atoms with Gasteiger partial charge in [0.1, 0.15) is 11.8 Å². The lowest BCUT2D eigenvalue weighted by molar-refractivity contribution is 0.0853. The number of rotatable bonds is 3. The molecule has 5 heteroatoms. The van der Waals surface area contributed by atoms with Crippen molar-refractivity contribution in [3.63, 3.8) is 0 Å². The summed E-state index contributed by atoms with van der Waals surface area (Å²) >= 11 is 0. The van der Waals surface area contributed by atoms with Crippen LogP contribution in [-0.2, 0) is 4.74 Å². The van der Waals surface area contributed by atoms with Crippen molar-refractivity contribution in [2.75, 3.05) is 13.2 Å². The van der Waals surface area contributed by atoms with Crippen LogP contribution < -0.4 is 5.32 Å². The first-order valence-corrected chi connectivity index (χ1v) is 5.98. The summed E-state index contributed by atoms with van der Waals surface area (Å²) in [6, 6.07) is 5.20. The maximum atomic E-state index is 11.8. The zero-order chi connectivity index (χ0) is 13.0. The average molecular weight is 245 g/mol. The molecule has 1 N–H and O–H groups in total. The van der Waals surface area contributed by atoms with Gasteiger partial charge in [-0.05, 0) is 31.9 Å². The van der Waals surface area contributed by atoms with Crippen LogP contribution in [0.5, 0.6) is 0 Å². The molecule has 2 heterocycles. The van der Waals surface area contributed by atoms with E-state index in [-0.39, 0.29) is 12.0 Å². The second-order valence-electron chi connectivity index (χ2n) is 4.29. The number of nitrogens with zero attached hydrogens (tertiary/aromatic N) is 2. The fraction of sp³-hybridized carbons (Fsp3) is 0.462. The Balaban J connectivity index is 1.96. The fourth-order valence-corrected chi connectivity index (χ4v) is 1.91. The quantitative estimate of drug-likeness (QED) is 0.867. The molecule has 5 nitrogen and oxygen atoms in total. The summed E-state index contributed by atoms with van der Waals surface area (Å²) in [5, 5.41) is 11.6. The van der Waals surface area contributed by atoms with Crippen LogP contribution in [0.3, 0.4) is 0 Å². The summed E-state index contributed by atoms with van der Waals surface area (Å²) in [6.07, 6.45) is 2.16. The van der Waals surface area contributed by atoms with Gasteiger partial charge in [0.25, 0.3) is 5.91 Å². The minimum Gasteiger partial charge on any atom is -0.376 e. The Morgan fingerprint density at radius 2 is 2.50 bits per heavy atom. The Hall–Kier alpha value is -1.93. The van der Waals surface area contributed by atoms with Crippen LogP contribution in [0.15, 0.2) is 12.1 Å². The van der Waals surface area contributed by atoms with E-state index in [9.17, 15) is 4.79 Å². The molecule has 1 saturated heterocycles. The summed E-state index contributed by atoms with van der Waals surface area (Å²) in [7, 11) is 0. The van der Waals surface area contributed by atoms with Crippen LogP contribution in [-0.4, -0.2) is 30.1 Å². The molecule has 0 spiro atoms. The van der Waals surface area contributed by atoms with E-state index in [1.54, 1.807) is 19.1 Å². The van der Waals surface area contributed by atoms with Gasteiger partial charge < -0.3 is 10.1 Å². The van der Waals surface area contributed by atoms with Crippen molar-refractivity contribution in [3.05, 3.63) is 29.1 Å². The minimum absolute atomic E-state index is 0.119. The fourth-order valence-electron chi connectivity index (χ4n) is 1.91. The maximum Gasteiger partial charge on any atom is 0.269 e. The van der Waals surface area contributed by atoms with Crippen molar-refractivity contribution < 1.29 is 9.53 Å². The first kappa shape index (κ1) is 12.5. The van der Waals surface area contributed by atoms with Crippen LogP contribution in [0, 0.1) is 18.3 Å². The topological polar surface area (TPSA) is 75.0 Å². The second kappa shape index (κ2) is 5.61. The molecule has 1 fully saturated rings. The second-order valence-corrected chi connectivity index (χ2v) is 4.29. The van der Waals surface area contributed by atoms with Gasteiger partial charge in [0.15, 0.2) is 0 Å². The van der Waals surface area contributed by atoms with Gasteiger partial charge in [0, 0.05) is 13.2 Å². The number of aryl methyl sites for hydroxylation is 1. The SMILES string of the molecule is Cc1nc(C(=O)NCC2CCCO2)ccc1C#N. The molecular weight excluding hydrogens is 230 g/mol. The van der Waals surface area contributed by atoms with Crippen molar-refractivity contribution in [3.8, 4) is 6.07 Å². The van der Waals surface area contributed by atoms with Gasteiger partial charge in [-0.2, -0.15) is 5.26 Å². The van der Waals surface area contributed by atoms with E-state index in [0.29, 0.717) is 23.5 Å². The third kappa shape index (κ3) is 2.84. The Bertz CT molecular complexity index is 487. The van der Waals surface area contributed by atoms with Gasteiger partial charge in [-0.25, -0.2) is 4.98 Å². The number of amides is 1. The Morgan fingerprint density at radius 3 is 3.11 bits per heavy atom. The Morgan fingerprint density at radius 1 is 1.67 bits per heavy atom. The number of nitriles is 1. The molecule has 2 rings (SSSR count).